The molecule has 0 aliphatic carbocycles. The molecule has 0 saturated carbocycles. The Bertz CT molecular complexity index is 844. The van der Waals surface area contributed by atoms with Gasteiger partial charge in [-0.3, -0.25) is 0 Å². The van der Waals surface area contributed by atoms with Crippen molar-refractivity contribution in [3.63, 3.8) is 0 Å². The zero-order valence-corrected chi connectivity index (χ0v) is 16.0. The summed E-state index contributed by atoms with van der Waals surface area (Å²) in [5, 5.41) is 0.781. The molecule has 0 aliphatic heterocycles. The molecule has 0 atom stereocenters. The second-order valence-corrected chi connectivity index (χ2v) is 6.33. The van der Waals surface area contributed by atoms with Gasteiger partial charge in [-0.25, -0.2) is 9.78 Å². The molecule has 26 heavy (non-hydrogen) atoms. The van der Waals surface area contributed by atoms with E-state index in [1.54, 1.807) is 13.2 Å². The summed E-state index contributed by atoms with van der Waals surface area (Å²) < 4.78 is 16.5. The average Bonchev–Trinajstić information content (AvgIpc) is 2.60. The van der Waals surface area contributed by atoms with Gasteiger partial charge in [-0.1, -0.05) is 17.2 Å². The van der Waals surface area contributed by atoms with Gasteiger partial charge in [-0.15, -0.1) is 0 Å². The van der Waals surface area contributed by atoms with E-state index in [2.05, 4.69) is 4.98 Å². The maximum Gasteiger partial charge on any atom is 0.357 e. The van der Waals surface area contributed by atoms with Gasteiger partial charge in [0.1, 0.15) is 30.2 Å². The largest absolute Gasteiger partial charge is 0.496 e. The van der Waals surface area contributed by atoms with E-state index in [4.69, 9.17) is 14.2 Å². The molecule has 1 aromatic heterocycles. The number of rotatable bonds is 7. The molecule has 0 amide bonds. The zero-order chi connectivity index (χ0) is 19.1. The molecule has 138 valence electrons. The first-order valence-corrected chi connectivity index (χ1v) is 8.46. The highest BCUT2D eigenvalue weighted by molar-refractivity contribution is 5.96. The fourth-order valence-electron chi connectivity index (χ4n) is 2.24. The lowest BCUT2D eigenvalue weighted by Crippen LogP contribution is -2.09. The summed E-state index contributed by atoms with van der Waals surface area (Å²) in [4.78, 5) is 16.8. The maximum atomic E-state index is 12.3. The predicted molar refractivity (Wildman–Crippen MR) is 103 cm³/mol. The number of carbonyl (C=O) groups excluding carboxylic acids is 1. The molecule has 2 rings (SSSR count). The number of methoxy groups -OCH3 is 1. The second-order valence-electron chi connectivity index (χ2n) is 6.33. The summed E-state index contributed by atoms with van der Waals surface area (Å²) in [5.74, 6) is 0.649. The van der Waals surface area contributed by atoms with Crippen molar-refractivity contribution in [3.8, 4) is 11.5 Å². The molecule has 1 heterocycles. The maximum absolute atomic E-state index is 12.3. The zero-order valence-electron chi connectivity index (χ0n) is 16.0. The van der Waals surface area contributed by atoms with E-state index in [1.807, 2.05) is 58.0 Å². The average molecular weight is 355 g/mol. The Balaban J connectivity index is 2.38. The van der Waals surface area contributed by atoms with Crippen molar-refractivity contribution >= 4 is 16.9 Å². The quantitative estimate of drug-likeness (QED) is 0.532. The number of benzene rings is 1. The molecule has 0 radical (unpaired) electrons. The van der Waals surface area contributed by atoms with Crippen LogP contribution in [0.5, 0.6) is 11.5 Å². The number of fused-ring (bicyclic) bond motifs is 1. The standard InChI is InChI=1S/C21H25NO4/c1-14(2)9-11-25-18-8-6-7-16-19(24-5)13-17(22-20(16)18)21(23)26-12-10-15(3)4/h6-10,13H,11-12H2,1-5H3. The Morgan fingerprint density at radius 1 is 1.04 bits per heavy atom. The van der Waals surface area contributed by atoms with Crippen molar-refractivity contribution in [2.75, 3.05) is 20.3 Å². The first-order chi connectivity index (χ1) is 12.4. The van der Waals surface area contributed by atoms with Gasteiger partial charge >= 0.3 is 5.97 Å². The van der Waals surface area contributed by atoms with Crippen LogP contribution in [0.2, 0.25) is 0 Å². The monoisotopic (exact) mass is 355 g/mol. The Hall–Kier alpha value is -2.82. The number of ether oxygens (including phenoxy) is 3. The van der Waals surface area contributed by atoms with Crippen molar-refractivity contribution in [3.05, 3.63) is 53.3 Å². The van der Waals surface area contributed by atoms with Gasteiger partial charge in [0.25, 0.3) is 0 Å². The van der Waals surface area contributed by atoms with Crippen LogP contribution in [0.3, 0.4) is 0 Å². The molecule has 0 unspecified atom stereocenters. The molecular formula is C21H25NO4. The molecule has 1 aromatic carbocycles. The van der Waals surface area contributed by atoms with Gasteiger partial charge in [0.15, 0.2) is 5.69 Å². The van der Waals surface area contributed by atoms with Crippen LogP contribution in [0, 0.1) is 0 Å². The van der Waals surface area contributed by atoms with Crippen molar-refractivity contribution < 1.29 is 19.0 Å². The number of hydrogen-bond donors (Lipinski definition) is 0. The summed E-state index contributed by atoms with van der Waals surface area (Å²) in [5.41, 5.74) is 3.01. The van der Waals surface area contributed by atoms with E-state index in [0.29, 0.717) is 23.6 Å². The minimum absolute atomic E-state index is 0.190. The van der Waals surface area contributed by atoms with E-state index < -0.39 is 5.97 Å². The molecule has 5 nitrogen and oxygen atoms in total. The minimum atomic E-state index is -0.498. The van der Waals surface area contributed by atoms with Gasteiger partial charge in [-0.2, -0.15) is 0 Å². The molecule has 0 saturated heterocycles. The van der Waals surface area contributed by atoms with Crippen molar-refractivity contribution in [1.82, 2.24) is 4.98 Å². The third-order valence-corrected chi connectivity index (χ3v) is 3.63. The summed E-state index contributed by atoms with van der Waals surface area (Å²) >= 11 is 0. The van der Waals surface area contributed by atoms with E-state index in [9.17, 15) is 4.79 Å². The van der Waals surface area contributed by atoms with Gasteiger partial charge < -0.3 is 14.2 Å². The lowest BCUT2D eigenvalue weighted by Gasteiger charge is -2.12. The van der Waals surface area contributed by atoms with Crippen LogP contribution in [-0.2, 0) is 4.74 Å². The summed E-state index contributed by atoms with van der Waals surface area (Å²) in [6.45, 7) is 8.55. The number of allylic oxidation sites excluding steroid dienone is 2. The van der Waals surface area contributed by atoms with Gasteiger partial charge in [-0.05, 0) is 52.0 Å². The molecule has 0 N–H and O–H groups in total. The highest BCUT2D eigenvalue weighted by Crippen LogP contribution is 2.31. The lowest BCUT2D eigenvalue weighted by molar-refractivity contribution is 0.0542. The van der Waals surface area contributed by atoms with Crippen LogP contribution >= 0.6 is 0 Å². The van der Waals surface area contributed by atoms with E-state index in [-0.39, 0.29) is 12.3 Å². The van der Waals surface area contributed by atoms with Crippen molar-refractivity contribution in [1.29, 1.82) is 0 Å². The number of pyridine rings is 1. The molecule has 0 fully saturated rings. The Morgan fingerprint density at radius 2 is 1.73 bits per heavy atom. The molecule has 2 aromatic rings. The Labute approximate surface area is 154 Å². The highest BCUT2D eigenvalue weighted by Gasteiger charge is 2.16. The van der Waals surface area contributed by atoms with Gasteiger partial charge in [0, 0.05) is 11.5 Å². The summed E-state index contributed by atoms with van der Waals surface area (Å²) in [6.07, 6.45) is 3.82. The van der Waals surface area contributed by atoms with E-state index in [1.165, 1.54) is 5.57 Å². The fourth-order valence-corrected chi connectivity index (χ4v) is 2.24. The molecule has 5 heteroatoms. The highest BCUT2D eigenvalue weighted by atomic mass is 16.5. The third kappa shape index (κ3) is 5.09. The minimum Gasteiger partial charge on any atom is -0.496 e. The predicted octanol–water partition coefficient (Wildman–Crippen LogP) is 4.71. The number of hydrogen-bond acceptors (Lipinski definition) is 5. The summed E-state index contributed by atoms with van der Waals surface area (Å²) in [6, 6.07) is 7.17. The van der Waals surface area contributed by atoms with Crippen molar-refractivity contribution in [2.45, 2.75) is 27.7 Å². The smallest absolute Gasteiger partial charge is 0.357 e. The molecule has 0 aliphatic rings. The molecular weight excluding hydrogens is 330 g/mol. The Morgan fingerprint density at radius 3 is 2.38 bits per heavy atom. The van der Waals surface area contributed by atoms with E-state index >= 15 is 0 Å². The van der Waals surface area contributed by atoms with Crippen LogP contribution in [0.25, 0.3) is 10.9 Å². The molecule has 0 spiro atoms. The van der Waals surface area contributed by atoms with Gasteiger partial charge in [0.2, 0.25) is 0 Å². The van der Waals surface area contributed by atoms with Crippen LogP contribution < -0.4 is 9.47 Å². The number of nitrogens with zero attached hydrogens (tertiary/aromatic N) is 1. The first kappa shape index (κ1) is 19.5. The third-order valence-electron chi connectivity index (χ3n) is 3.63. The van der Waals surface area contributed by atoms with E-state index in [0.717, 1.165) is 11.0 Å². The van der Waals surface area contributed by atoms with Crippen molar-refractivity contribution in [2.24, 2.45) is 0 Å². The second kappa shape index (κ2) is 9.04. The van der Waals surface area contributed by atoms with Gasteiger partial charge in [0.05, 0.1) is 7.11 Å². The number of aromatic nitrogens is 1. The fraction of sp³-hybridized carbons (Fsp3) is 0.333. The normalized spacial score (nSPS) is 10.2. The molecule has 0 bridgehead atoms. The number of esters is 1. The van der Waals surface area contributed by atoms with Crippen LogP contribution in [0.15, 0.2) is 47.6 Å². The van der Waals surface area contributed by atoms with Crippen LogP contribution in [0.1, 0.15) is 38.2 Å². The number of carbonyl (C=O) groups is 1. The first-order valence-electron chi connectivity index (χ1n) is 8.46. The topological polar surface area (TPSA) is 57.7 Å². The van der Waals surface area contributed by atoms with Crippen LogP contribution in [0.4, 0.5) is 0 Å². The SMILES string of the molecule is COc1cc(C(=O)OCC=C(C)C)nc2c(OCC=C(C)C)cccc12. The van der Waals surface area contributed by atoms with Crippen LogP contribution in [-0.4, -0.2) is 31.3 Å². The Kier molecular flexibility index (Phi) is 6.78. The summed E-state index contributed by atoms with van der Waals surface area (Å²) in [7, 11) is 1.56. The number of para-hydroxylation sites is 1. The lowest BCUT2D eigenvalue weighted by atomic mass is 10.1.